The van der Waals surface area contributed by atoms with E-state index in [2.05, 4.69) is 42.0 Å². The van der Waals surface area contributed by atoms with E-state index in [0.717, 1.165) is 12.5 Å². The van der Waals surface area contributed by atoms with E-state index >= 15 is 0 Å². The topological polar surface area (TPSA) is 30.9 Å². The first-order chi connectivity index (χ1) is 8.75. The van der Waals surface area contributed by atoms with Gasteiger partial charge in [-0.2, -0.15) is 0 Å². The number of nitrogens with two attached hydrogens (primary N) is 1. The molecular formula is C16H22N2. The van der Waals surface area contributed by atoms with E-state index in [1.54, 1.807) is 0 Å². The number of para-hydroxylation sites is 1. The molecule has 2 aromatic rings. The molecule has 96 valence electrons. The highest BCUT2D eigenvalue weighted by Gasteiger charge is 2.17. The SMILES string of the molecule is CC(N)c1cccc2ccn(CC3CCCC3)c12. The van der Waals surface area contributed by atoms with Crippen molar-refractivity contribution in [3.8, 4) is 0 Å². The van der Waals surface area contributed by atoms with Gasteiger partial charge in [0.15, 0.2) is 0 Å². The first-order valence-corrected chi connectivity index (χ1v) is 7.09. The van der Waals surface area contributed by atoms with Crippen LogP contribution in [0.5, 0.6) is 0 Å². The molecule has 0 bridgehead atoms. The number of aromatic nitrogens is 1. The summed E-state index contributed by atoms with van der Waals surface area (Å²) in [5, 5.41) is 1.32. The van der Waals surface area contributed by atoms with E-state index in [0.29, 0.717) is 0 Å². The monoisotopic (exact) mass is 242 g/mol. The minimum absolute atomic E-state index is 0.103. The fourth-order valence-electron chi connectivity index (χ4n) is 3.28. The van der Waals surface area contributed by atoms with Gasteiger partial charge in [-0.05, 0) is 42.7 Å². The maximum Gasteiger partial charge on any atom is 0.0528 e. The summed E-state index contributed by atoms with van der Waals surface area (Å²) in [5.41, 5.74) is 8.72. The van der Waals surface area contributed by atoms with Crippen LogP contribution in [-0.4, -0.2) is 4.57 Å². The number of nitrogens with zero attached hydrogens (tertiary/aromatic N) is 1. The highest BCUT2D eigenvalue weighted by atomic mass is 15.0. The van der Waals surface area contributed by atoms with Crippen LogP contribution in [-0.2, 0) is 6.54 Å². The third kappa shape index (κ3) is 2.05. The molecule has 0 aliphatic heterocycles. The molecule has 0 saturated heterocycles. The van der Waals surface area contributed by atoms with Crippen molar-refractivity contribution in [3.63, 3.8) is 0 Å². The van der Waals surface area contributed by atoms with Gasteiger partial charge < -0.3 is 10.3 Å². The Kier molecular flexibility index (Phi) is 3.13. The Morgan fingerprint density at radius 2 is 2.06 bits per heavy atom. The number of hydrogen-bond acceptors (Lipinski definition) is 1. The van der Waals surface area contributed by atoms with Crippen LogP contribution in [0.25, 0.3) is 10.9 Å². The van der Waals surface area contributed by atoms with Crippen LogP contribution in [0, 0.1) is 5.92 Å². The largest absolute Gasteiger partial charge is 0.347 e. The van der Waals surface area contributed by atoms with Gasteiger partial charge in [0.1, 0.15) is 0 Å². The van der Waals surface area contributed by atoms with Crippen LogP contribution in [0.2, 0.25) is 0 Å². The Labute approximate surface area is 109 Å². The second-order valence-electron chi connectivity index (χ2n) is 5.69. The minimum Gasteiger partial charge on any atom is -0.347 e. The highest BCUT2D eigenvalue weighted by Crippen LogP contribution is 2.30. The van der Waals surface area contributed by atoms with Crippen molar-refractivity contribution in [2.24, 2.45) is 11.7 Å². The third-order valence-corrected chi connectivity index (χ3v) is 4.24. The van der Waals surface area contributed by atoms with E-state index in [1.165, 1.54) is 42.1 Å². The quantitative estimate of drug-likeness (QED) is 0.870. The summed E-state index contributed by atoms with van der Waals surface area (Å²) in [5.74, 6) is 0.863. The summed E-state index contributed by atoms with van der Waals surface area (Å²) in [6.07, 6.45) is 7.82. The van der Waals surface area contributed by atoms with Crippen molar-refractivity contribution in [3.05, 3.63) is 36.0 Å². The molecule has 1 saturated carbocycles. The van der Waals surface area contributed by atoms with Crippen LogP contribution in [0.3, 0.4) is 0 Å². The second kappa shape index (κ2) is 4.77. The molecule has 1 aliphatic rings. The standard InChI is InChI=1S/C16H22N2/c1-12(17)15-8-4-7-14-9-10-18(16(14)15)11-13-5-2-3-6-13/h4,7-10,12-13H,2-3,5-6,11,17H2,1H3. The normalized spacial score (nSPS) is 18.6. The fraction of sp³-hybridized carbons (Fsp3) is 0.500. The zero-order valence-corrected chi connectivity index (χ0v) is 11.1. The number of benzene rings is 1. The Bertz CT molecular complexity index is 533. The summed E-state index contributed by atoms with van der Waals surface area (Å²) >= 11 is 0. The van der Waals surface area contributed by atoms with E-state index in [1.807, 2.05) is 0 Å². The molecule has 1 aromatic heterocycles. The Hall–Kier alpha value is -1.28. The fourth-order valence-corrected chi connectivity index (χ4v) is 3.28. The lowest BCUT2D eigenvalue weighted by Crippen LogP contribution is -2.10. The van der Waals surface area contributed by atoms with E-state index in [4.69, 9.17) is 5.73 Å². The smallest absolute Gasteiger partial charge is 0.0528 e. The second-order valence-corrected chi connectivity index (χ2v) is 5.69. The lowest BCUT2D eigenvalue weighted by molar-refractivity contribution is 0.465. The van der Waals surface area contributed by atoms with Gasteiger partial charge in [-0.1, -0.05) is 31.0 Å². The molecule has 1 heterocycles. The van der Waals surface area contributed by atoms with E-state index < -0.39 is 0 Å². The summed E-state index contributed by atoms with van der Waals surface area (Å²) in [7, 11) is 0. The van der Waals surface area contributed by atoms with Crippen molar-refractivity contribution < 1.29 is 0 Å². The van der Waals surface area contributed by atoms with Crippen LogP contribution < -0.4 is 5.73 Å². The molecule has 1 aliphatic carbocycles. The van der Waals surface area contributed by atoms with Crippen LogP contribution >= 0.6 is 0 Å². The first-order valence-electron chi connectivity index (χ1n) is 7.09. The minimum atomic E-state index is 0.103. The molecule has 1 aromatic carbocycles. The number of rotatable bonds is 3. The predicted molar refractivity (Wildman–Crippen MR) is 76.5 cm³/mol. The zero-order chi connectivity index (χ0) is 12.5. The average Bonchev–Trinajstić information content (AvgIpc) is 2.99. The molecule has 0 amide bonds. The van der Waals surface area contributed by atoms with Crippen LogP contribution in [0.1, 0.15) is 44.2 Å². The molecule has 18 heavy (non-hydrogen) atoms. The number of fused-ring (bicyclic) bond motifs is 1. The molecule has 2 N–H and O–H groups in total. The van der Waals surface area contributed by atoms with E-state index in [9.17, 15) is 0 Å². The van der Waals surface area contributed by atoms with Crippen LogP contribution in [0.4, 0.5) is 0 Å². The van der Waals surface area contributed by atoms with Gasteiger partial charge in [-0.3, -0.25) is 0 Å². The first kappa shape index (κ1) is 11.8. The van der Waals surface area contributed by atoms with Crippen molar-refractivity contribution in [2.45, 2.75) is 45.2 Å². The maximum atomic E-state index is 6.10. The van der Waals surface area contributed by atoms with Gasteiger partial charge in [0.05, 0.1) is 5.52 Å². The van der Waals surface area contributed by atoms with Crippen molar-refractivity contribution in [2.75, 3.05) is 0 Å². The summed E-state index contributed by atoms with van der Waals surface area (Å²) in [4.78, 5) is 0. The van der Waals surface area contributed by atoms with E-state index in [-0.39, 0.29) is 6.04 Å². The molecule has 1 fully saturated rings. The lowest BCUT2D eigenvalue weighted by atomic mass is 10.0. The number of hydrogen-bond donors (Lipinski definition) is 1. The Balaban J connectivity index is 2.00. The molecule has 0 spiro atoms. The van der Waals surface area contributed by atoms with Gasteiger partial charge in [-0.15, -0.1) is 0 Å². The summed E-state index contributed by atoms with van der Waals surface area (Å²) < 4.78 is 2.42. The van der Waals surface area contributed by atoms with Gasteiger partial charge in [0, 0.05) is 18.8 Å². The van der Waals surface area contributed by atoms with Crippen molar-refractivity contribution >= 4 is 10.9 Å². The third-order valence-electron chi connectivity index (χ3n) is 4.24. The molecule has 1 unspecified atom stereocenters. The molecule has 2 nitrogen and oxygen atoms in total. The Morgan fingerprint density at radius 1 is 1.28 bits per heavy atom. The molecule has 0 radical (unpaired) electrons. The molecule has 2 heteroatoms. The maximum absolute atomic E-state index is 6.10. The lowest BCUT2D eigenvalue weighted by Gasteiger charge is -2.15. The molecule has 1 atom stereocenters. The van der Waals surface area contributed by atoms with Crippen molar-refractivity contribution in [1.29, 1.82) is 0 Å². The Morgan fingerprint density at radius 3 is 2.78 bits per heavy atom. The zero-order valence-electron chi connectivity index (χ0n) is 11.1. The van der Waals surface area contributed by atoms with Gasteiger partial charge >= 0.3 is 0 Å². The molecular weight excluding hydrogens is 220 g/mol. The van der Waals surface area contributed by atoms with Crippen LogP contribution in [0.15, 0.2) is 30.5 Å². The summed E-state index contributed by atoms with van der Waals surface area (Å²) in [6.45, 7) is 3.23. The van der Waals surface area contributed by atoms with Gasteiger partial charge in [0.25, 0.3) is 0 Å². The summed E-state index contributed by atoms with van der Waals surface area (Å²) in [6, 6.07) is 8.78. The van der Waals surface area contributed by atoms with Gasteiger partial charge in [-0.25, -0.2) is 0 Å². The molecule has 3 rings (SSSR count). The average molecular weight is 242 g/mol. The van der Waals surface area contributed by atoms with Gasteiger partial charge in [0.2, 0.25) is 0 Å². The van der Waals surface area contributed by atoms with Crippen molar-refractivity contribution in [1.82, 2.24) is 4.57 Å². The predicted octanol–water partition coefficient (Wildman–Crippen LogP) is 3.85. The highest BCUT2D eigenvalue weighted by molar-refractivity contribution is 5.83.